The Morgan fingerprint density at radius 2 is 1.31 bits per heavy atom. The Morgan fingerprint density at radius 1 is 0.694 bits per heavy atom. The van der Waals surface area contributed by atoms with Crippen LogP contribution in [-0.2, 0) is 11.2 Å². The summed E-state index contributed by atoms with van der Waals surface area (Å²) in [5, 5.41) is 5.90. The monoisotopic (exact) mass is 494 g/mol. The summed E-state index contributed by atoms with van der Waals surface area (Å²) in [7, 11) is 0. The summed E-state index contributed by atoms with van der Waals surface area (Å²) in [5.74, 6) is 0.401. The van der Waals surface area contributed by atoms with Gasteiger partial charge in [-0.25, -0.2) is 0 Å². The Labute approximate surface area is 217 Å². The summed E-state index contributed by atoms with van der Waals surface area (Å²) < 4.78 is 0. The number of thioether (sulfide) groups is 1. The van der Waals surface area contributed by atoms with Gasteiger partial charge >= 0.3 is 0 Å². The third kappa shape index (κ3) is 6.64. The molecule has 4 aromatic rings. The molecule has 0 radical (unpaired) electrons. The third-order valence-electron chi connectivity index (χ3n) is 5.76. The van der Waals surface area contributed by atoms with Gasteiger partial charge in [0.2, 0.25) is 0 Å². The van der Waals surface area contributed by atoms with Crippen molar-refractivity contribution in [2.45, 2.75) is 36.8 Å². The molecule has 0 aromatic heterocycles. The summed E-state index contributed by atoms with van der Waals surface area (Å²) in [5.41, 5.74) is 4.84. The minimum absolute atomic E-state index is 0.0280. The fourth-order valence-corrected chi connectivity index (χ4v) is 4.72. The van der Waals surface area contributed by atoms with Crippen LogP contribution in [0.1, 0.15) is 52.6 Å². The lowest BCUT2D eigenvalue weighted by Crippen LogP contribution is -2.15. The van der Waals surface area contributed by atoms with Crippen molar-refractivity contribution in [1.29, 1.82) is 0 Å². The van der Waals surface area contributed by atoms with Gasteiger partial charge in [-0.05, 0) is 59.0 Å². The fourth-order valence-electron chi connectivity index (χ4n) is 3.71. The first-order valence-corrected chi connectivity index (χ1v) is 12.9. The van der Waals surface area contributed by atoms with E-state index in [0.29, 0.717) is 22.5 Å². The van der Waals surface area contributed by atoms with E-state index >= 15 is 0 Å². The van der Waals surface area contributed by atoms with Gasteiger partial charge in [-0.2, -0.15) is 0 Å². The van der Waals surface area contributed by atoms with Crippen molar-refractivity contribution < 1.29 is 9.59 Å². The van der Waals surface area contributed by atoms with Crippen molar-refractivity contribution in [2.24, 2.45) is 0 Å². The van der Waals surface area contributed by atoms with E-state index in [1.165, 1.54) is 11.1 Å². The molecule has 0 spiro atoms. The summed E-state index contributed by atoms with van der Waals surface area (Å²) in [4.78, 5) is 26.8. The molecule has 36 heavy (non-hydrogen) atoms. The van der Waals surface area contributed by atoms with Crippen LogP contribution in [-0.4, -0.2) is 11.8 Å². The molecule has 0 saturated carbocycles. The second-order valence-corrected chi connectivity index (χ2v) is 10.6. The molecule has 4 nitrogen and oxygen atoms in total. The summed E-state index contributed by atoms with van der Waals surface area (Å²) in [6.45, 7) is 6.42. The van der Waals surface area contributed by atoms with Crippen molar-refractivity contribution in [2.75, 3.05) is 10.6 Å². The Bertz CT molecular complexity index is 1340. The van der Waals surface area contributed by atoms with E-state index in [2.05, 4.69) is 43.5 Å². The molecule has 0 unspecified atom stereocenters. The van der Waals surface area contributed by atoms with Crippen molar-refractivity contribution in [3.63, 3.8) is 0 Å². The van der Waals surface area contributed by atoms with Gasteiger partial charge in [0.15, 0.2) is 0 Å². The van der Waals surface area contributed by atoms with E-state index in [0.717, 1.165) is 10.6 Å². The quantitative estimate of drug-likeness (QED) is 0.258. The lowest BCUT2D eigenvalue weighted by molar-refractivity contribution is 0.101. The molecular formula is C31H30N2O2S. The molecule has 2 amide bonds. The molecule has 0 heterocycles. The molecule has 5 heteroatoms. The third-order valence-corrected chi connectivity index (χ3v) is 6.90. The highest BCUT2D eigenvalue weighted by molar-refractivity contribution is 7.98. The maximum atomic E-state index is 13.1. The van der Waals surface area contributed by atoms with Gasteiger partial charge in [0.25, 0.3) is 11.8 Å². The van der Waals surface area contributed by atoms with Gasteiger partial charge in [-0.1, -0.05) is 81.4 Å². The lowest BCUT2D eigenvalue weighted by Gasteiger charge is -2.19. The van der Waals surface area contributed by atoms with Crippen molar-refractivity contribution in [3.8, 4) is 0 Å². The number of hydrogen-bond acceptors (Lipinski definition) is 3. The van der Waals surface area contributed by atoms with Crippen LogP contribution >= 0.6 is 11.8 Å². The average Bonchev–Trinajstić information content (AvgIpc) is 2.88. The highest BCUT2D eigenvalue weighted by Crippen LogP contribution is 2.27. The van der Waals surface area contributed by atoms with Gasteiger partial charge in [-0.3, -0.25) is 9.59 Å². The van der Waals surface area contributed by atoms with Crippen molar-refractivity contribution >= 4 is 35.0 Å². The number of hydrogen-bond donors (Lipinski definition) is 2. The van der Waals surface area contributed by atoms with Crippen molar-refractivity contribution in [3.05, 3.63) is 125 Å². The van der Waals surface area contributed by atoms with E-state index < -0.39 is 0 Å². The topological polar surface area (TPSA) is 58.2 Å². The zero-order chi connectivity index (χ0) is 25.5. The number of anilines is 2. The summed E-state index contributed by atoms with van der Waals surface area (Å²) in [6.07, 6.45) is 0. The van der Waals surface area contributed by atoms with Crippen LogP contribution in [0.3, 0.4) is 0 Å². The maximum Gasteiger partial charge on any atom is 0.256 e. The van der Waals surface area contributed by atoms with E-state index in [-0.39, 0.29) is 17.2 Å². The second kappa shape index (κ2) is 11.3. The van der Waals surface area contributed by atoms with E-state index in [1.807, 2.05) is 78.9 Å². The Hall–Kier alpha value is -3.83. The number of nitrogens with one attached hydrogen (secondary N) is 2. The van der Waals surface area contributed by atoms with Crippen LogP contribution in [0.2, 0.25) is 0 Å². The molecule has 0 aliphatic heterocycles. The van der Waals surface area contributed by atoms with Gasteiger partial charge in [-0.15, -0.1) is 11.8 Å². The van der Waals surface area contributed by atoms with E-state index in [4.69, 9.17) is 0 Å². The Kier molecular flexibility index (Phi) is 7.91. The molecule has 182 valence electrons. The SMILES string of the molecule is CC(C)(C)c1ccc(C(=O)Nc2cccc(NC(=O)c3ccccc3SCc3ccccc3)c2)cc1. The molecule has 0 saturated heterocycles. The minimum atomic E-state index is -0.193. The Morgan fingerprint density at radius 3 is 1.97 bits per heavy atom. The number of rotatable bonds is 7. The largest absolute Gasteiger partial charge is 0.322 e. The molecule has 4 rings (SSSR count). The average molecular weight is 495 g/mol. The first-order valence-electron chi connectivity index (χ1n) is 11.9. The molecule has 0 bridgehead atoms. The maximum absolute atomic E-state index is 13.1. The Balaban J connectivity index is 1.42. The van der Waals surface area contributed by atoms with Crippen LogP contribution in [0.4, 0.5) is 11.4 Å². The molecular weight excluding hydrogens is 464 g/mol. The fraction of sp³-hybridized carbons (Fsp3) is 0.161. The number of benzene rings is 4. The van der Waals surface area contributed by atoms with Gasteiger partial charge < -0.3 is 10.6 Å². The molecule has 0 aliphatic carbocycles. The summed E-state index contributed by atoms with van der Waals surface area (Å²) >= 11 is 1.63. The first-order chi connectivity index (χ1) is 17.3. The van der Waals surface area contributed by atoms with E-state index in [9.17, 15) is 9.59 Å². The standard InChI is InChI=1S/C31H30N2O2S/c1-31(2,3)24-18-16-23(17-19-24)29(34)32-25-12-9-13-26(20-25)33-30(35)27-14-7-8-15-28(27)36-21-22-10-5-4-6-11-22/h4-20H,21H2,1-3H3,(H,32,34)(H,33,35). The normalized spacial score (nSPS) is 11.1. The lowest BCUT2D eigenvalue weighted by atomic mass is 9.87. The van der Waals surface area contributed by atoms with E-state index in [1.54, 1.807) is 23.9 Å². The van der Waals surface area contributed by atoms with Gasteiger partial charge in [0.05, 0.1) is 5.56 Å². The highest BCUT2D eigenvalue weighted by atomic mass is 32.2. The van der Waals surface area contributed by atoms with Crippen LogP contribution in [0.25, 0.3) is 0 Å². The van der Waals surface area contributed by atoms with Crippen molar-refractivity contribution in [1.82, 2.24) is 0 Å². The molecule has 0 fully saturated rings. The zero-order valence-corrected chi connectivity index (χ0v) is 21.6. The predicted octanol–water partition coefficient (Wildman–Crippen LogP) is 7.78. The van der Waals surface area contributed by atoms with Crippen LogP contribution in [0.15, 0.2) is 108 Å². The number of carbonyl (C=O) groups is 2. The molecule has 0 atom stereocenters. The van der Waals surface area contributed by atoms with Crippen LogP contribution in [0, 0.1) is 0 Å². The second-order valence-electron chi connectivity index (χ2n) is 9.59. The number of carbonyl (C=O) groups excluding carboxylic acids is 2. The van der Waals surface area contributed by atoms with Gasteiger partial charge in [0.1, 0.15) is 0 Å². The molecule has 2 N–H and O–H groups in total. The minimum Gasteiger partial charge on any atom is -0.322 e. The molecule has 0 aliphatic rings. The smallest absolute Gasteiger partial charge is 0.256 e. The van der Waals surface area contributed by atoms with Crippen LogP contribution in [0.5, 0.6) is 0 Å². The zero-order valence-electron chi connectivity index (χ0n) is 20.7. The first kappa shape index (κ1) is 25.3. The molecule has 4 aromatic carbocycles. The highest BCUT2D eigenvalue weighted by Gasteiger charge is 2.15. The predicted molar refractivity (Wildman–Crippen MR) is 150 cm³/mol. The number of amides is 2. The summed E-state index contributed by atoms with van der Waals surface area (Å²) in [6, 6.07) is 32.6. The van der Waals surface area contributed by atoms with Gasteiger partial charge in [0, 0.05) is 27.6 Å². The van der Waals surface area contributed by atoms with Crippen LogP contribution < -0.4 is 10.6 Å².